The van der Waals surface area contributed by atoms with Crippen molar-refractivity contribution >= 4 is 16.8 Å². The van der Waals surface area contributed by atoms with Crippen molar-refractivity contribution < 1.29 is 14.1 Å². The number of rotatable bonds is 5. The van der Waals surface area contributed by atoms with Crippen molar-refractivity contribution in [2.75, 3.05) is 12.3 Å². The second-order valence-corrected chi connectivity index (χ2v) is 8.78. The normalized spacial score (nSPS) is 26.0. The molecule has 1 fully saturated rings. The summed E-state index contributed by atoms with van der Waals surface area (Å²) >= 11 is 0. The van der Waals surface area contributed by atoms with Gasteiger partial charge in [-0.2, -0.15) is 0 Å². The van der Waals surface area contributed by atoms with Crippen LogP contribution < -0.4 is 10.6 Å². The molecule has 4 unspecified atom stereocenters. The molecule has 0 aliphatic heterocycles. The van der Waals surface area contributed by atoms with E-state index in [1.54, 1.807) is 0 Å². The molecule has 2 amide bonds. The second-order valence-electron chi connectivity index (χ2n) is 6.84. The quantitative estimate of drug-likeness (QED) is 0.723. The Hall–Kier alpha value is -0.620. The minimum atomic E-state index is -0.879. The largest absolute Gasteiger partial charge is 0.391 e. The van der Waals surface area contributed by atoms with Gasteiger partial charge in [0.15, 0.2) is 0 Å². The van der Waals surface area contributed by atoms with Crippen LogP contribution in [0.1, 0.15) is 53.4 Å². The lowest BCUT2D eigenvalue weighted by Gasteiger charge is -2.32. The number of hydrogen-bond acceptors (Lipinski definition) is 3. The molecule has 5 nitrogen and oxygen atoms in total. The molecule has 1 saturated carbocycles. The van der Waals surface area contributed by atoms with Gasteiger partial charge >= 0.3 is 6.03 Å². The maximum absolute atomic E-state index is 12.1. The van der Waals surface area contributed by atoms with Gasteiger partial charge in [-0.05, 0) is 18.3 Å². The summed E-state index contributed by atoms with van der Waals surface area (Å²) < 4.78 is 12.1. The molecule has 0 aromatic heterocycles. The Labute approximate surface area is 130 Å². The maximum atomic E-state index is 12.1. The summed E-state index contributed by atoms with van der Waals surface area (Å²) in [5.41, 5.74) is -0.260. The van der Waals surface area contributed by atoms with Crippen LogP contribution in [0, 0.1) is 5.41 Å². The Morgan fingerprint density at radius 3 is 2.52 bits per heavy atom. The van der Waals surface area contributed by atoms with E-state index in [1.807, 2.05) is 27.7 Å². The van der Waals surface area contributed by atoms with Gasteiger partial charge in [0.2, 0.25) is 0 Å². The van der Waals surface area contributed by atoms with Crippen LogP contribution in [0.15, 0.2) is 0 Å². The summed E-state index contributed by atoms with van der Waals surface area (Å²) in [7, 11) is -0.879. The van der Waals surface area contributed by atoms with Gasteiger partial charge in [-0.1, -0.05) is 40.5 Å². The fourth-order valence-corrected chi connectivity index (χ4v) is 3.93. The summed E-state index contributed by atoms with van der Waals surface area (Å²) in [6.07, 6.45) is 3.35. The van der Waals surface area contributed by atoms with Crippen molar-refractivity contribution in [1.29, 1.82) is 0 Å². The van der Waals surface area contributed by atoms with Gasteiger partial charge in [0, 0.05) is 29.1 Å². The monoisotopic (exact) mass is 318 g/mol. The lowest BCUT2D eigenvalue weighted by Crippen LogP contribution is -2.52. The van der Waals surface area contributed by atoms with Gasteiger partial charge in [-0.3, -0.25) is 4.21 Å². The molecule has 0 radical (unpaired) electrons. The molecule has 21 heavy (non-hydrogen) atoms. The minimum absolute atomic E-state index is 0.0219. The number of carbonyl (C=O) groups is 1. The Balaban J connectivity index is 2.47. The molecule has 6 heteroatoms. The Morgan fingerprint density at radius 2 is 1.95 bits per heavy atom. The van der Waals surface area contributed by atoms with Crippen molar-refractivity contribution in [3.8, 4) is 0 Å². The summed E-state index contributed by atoms with van der Waals surface area (Å²) in [6, 6.07) is -0.297. The number of carbonyl (C=O) groups excluding carboxylic acids is 1. The van der Waals surface area contributed by atoms with Crippen molar-refractivity contribution in [3.05, 3.63) is 0 Å². The third-order valence-corrected chi connectivity index (χ3v) is 5.91. The maximum Gasteiger partial charge on any atom is 0.315 e. The first-order chi connectivity index (χ1) is 9.75. The zero-order chi connectivity index (χ0) is 16.0. The summed E-state index contributed by atoms with van der Waals surface area (Å²) in [4.78, 5) is 12.0. The zero-order valence-corrected chi connectivity index (χ0v) is 14.5. The van der Waals surface area contributed by atoms with E-state index in [1.165, 1.54) is 0 Å². The standard InChI is InChI=1S/C15H30N2O3S/c1-5-21(20)12-9-7-6-8-11(12)17-14(19)16-10-13(18)15(2,3)4/h11-13,18H,5-10H2,1-4H3,(H2,16,17,19). The van der Waals surface area contributed by atoms with E-state index in [0.717, 1.165) is 25.7 Å². The van der Waals surface area contributed by atoms with Crippen molar-refractivity contribution in [3.63, 3.8) is 0 Å². The predicted molar refractivity (Wildman–Crippen MR) is 86.7 cm³/mol. The summed E-state index contributed by atoms with van der Waals surface area (Å²) in [5, 5.41) is 15.6. The molecule has 0 aromatic rings. The highest BCUT2D eigenvalue weighted by atomic mass is 32.2. The van der Waals surface area contributed by atoms with Gasteiger partial charge in [-0.15, -0.1) is 0 Å². The third-order valence-electron chi connectivity index (χ3n) is 4.10. The first-order valence-electron chi connectivity index (χ1n) is 7.85. The average molecular weight is 318 g/mol. The van der Waals surface area contributed by atoms with Gasteiger partial charge in [0.1, 0.15) is 0 Å². The second kappa shape index (κ2) is 8.13. The predicted octanol–water partition coefficient (Wildman–Crippen LogP) is 1.77. The van der Waals surface area contributed by atoms with Crippen LogP contribution in [0.2, 0.25) is 0 Å². The van der Waals surface area contributed by atoms with E-state index < -0.39 is 16.9 Å². The Kier molecular flexibility index (Phi) is 7.13. The van der Waals surface area contributed by atoms with E-state index >= 15 is 0 Å². The van der Waals surface area contributed by atoms with Crippen molar-refractivity contribution in [1.82, 2.24) is 10.6 Å². The van der Waals surface area contributed by atoms with Gasteiger partial charge in [0.25, 0.3) is 0 Å². The molecule has 1 aliphatic carbocycles. The fraction of sp³-hybridized carbons (Fsp3) is 0.933. The van der Waals surface area contributed by atoms with E-state index in [-0.39, 0.29) is 29.3 Å². The Bertz CT molecular complexity index is 368. The number of urea groups is 1. The smallest absolute Gasteiger partial charge is 0.315 e. The molecular formula is C15H30N2O3S. The minimum Gasteiger partial charge on any atom is -0.391 e. The van der Waals surface area contributed by atoms with Crippen LogP contribution in [-0.2, 0) is 10.8 Å². The van der Waals surface area contributed by atoms with Crippen LogP contribution in [0.4, 0.5) is 4.79 Å². The third kappa shape index (κ3) is 5.94. The molecule has 1 aliphatic rings. The SMILES string of the molecule is CCS(=O)C1CCCCC1NC(=O)NCC(O)C(C)(C)C. The fourth-order valence-electron chi connectivity index (χ4n) is 2.51. The molecule has 1 rings (SSSR count). The number of hydrogen-bond donors (Lipinski definition) is 3. The molecule has 3 N–H and O–H groups in total. The number of aliphatic hydroxyl groups is 1. The lowest BCUT2D eigenvalue weighted by atomic mass is 9.89. The molecule has 0 spiro atoms. The molecule has 4 atom stereocenters. The average Bonchev–Trinajstić information content (AvgIpc) is 2.43. The molecule has 0 heterocycles. The molecular weight excluding hydrogens is 288 g/mol. The molecule has 0 bridgehead atoms. The van der Waals surface area contributed by atoms with Gasteiger partial charge < -0.3 is 15.7 Å². The summed E-state index contributed by atoms with van der Waals surface area (Å²) in [6.45, 7) is 7.93. The van der Waals surface area contributed by atoms with Crippen LogP contribution in [0.5, 0.6) is 0 Å². The number of aliphatic hydroxyl groups excluding tert-OH is 1. The Morgan fingerprint density at radius 1 is 1.33 bits per heavy atom. The van der Waals surface area contributed by atoms with Gasteiger partial charge in [0.05, 0.1) is 11.4 Å². The van der Waals surface area contributed by atoms with Gasteiger partial charge in [-0.25, -0.2) is 4.79 Å². The van der Waals surface area contributed by atoms with E-state index in [0.29, 0.717) is 5.75 Å². The van der Waals surface area contributed by atoms with E-state index in [9.17, 15) is 14.1 Å². The van der Waals surface area contributed by atoms with Crippen molar-refractivity contribution in [2.24, 2.45) is 5.41 Å². The van der Waals surface area contributed by atoms with Crippen LogP contribution in [0.3, 0.4) is 0 Å². The highest BCUT2D eigenvalue weighted by Gasteiger charge is 2.30. The van der Waals surface area contributed by atoms with Crippen LogP contribution in [-0.4, -0.2) is 45.0 Å². The molecule has 124 valence electrons. The first-order valence-corrected chi connectivity index (χ1v) is 9.23. The van der Waals surface area contributed by atoms with Crippen molar-refractivity contribution in [2.45, 2.75) is 70.8 Å². The highest BCUT2D eigenvalue weighted by Crippen LogP contribution is 2.23. The topological polar surface area (TPSA) is 78.4 Å². The summed E-state index contributed by atoms with van der Waals surface area (Å²) in [5.74, 6) is 0.632. The number of amides is 2. The highest BCUT2D eigenvalue weighted by molar-refractivity contribution is 7.85. The van der Waals surface area contributed by atoms with E-state index in [2.05, 4.69) is 10.6 Å². The van der Waals surface area contributed by atoms with Crippen LogP contribution in [0.25, 0.3) is 0 Å². The molecule has 0 saturated heterocycles. The zero-order valence-electron chi connectivity index (χ0n) is 13.6. The van der Waals surface area contributed by atoms with Crippen LogP contribution >= 0.6 is 0 Å². The lowest BCUT2D eigenvalue weighted by molar-refractivity contribution is 0.0648. The number of nitrogens with one attached hydrogen (secondary N) is 2. The van der Waals surface area contributed by atoms with E-state index in [4.69, 9.17) is 0 Å². The first kappa shape index (κ1) is 18.4. The molecule has 0 aromatic carbocycles.